The molecule has 0 bridgehead atoms. The molecule has 2 amide bonds. The first kappa shape index (κ1) is 102. The predicted molar refractivity (Wildman–Crippen MR) is 500 cm³/mol. The van der Waals surface area contributed by atoms with Crippen molar-refractivity contribution < 1.29 is 117 Å². The molecule has 0 saturated heterocycles. The number of fused-ring (bicyclic) bond motifs is 5. The standard InChI is InChI=1S/C17H21BO5S2.C16H17BN2O5S3.C16H20BNO5S2.C16H21BO5S2.C14H18BNO4S2/c1-24-9-12(19)8-11-7-10-5-6-14(25-13-3-2-4-13)15(17(20)21)16(10)23-18(11)22;1-8-18-19-16(26-8)27-12-4-3-9-5-10(6-11(20)7-25-2)17(23)24-14(9)13(12)15(21)22;1-9(19)7-25-12-5-4-11-6-13(18-14(21)8-24-3)17(22)23-16(11)15(12)10(2)20;1-3-6-24-13-5-4-10-7-11(8-12(18)9-23-2)17(21)22-15(10)14(13)16(19)20;1-8(17)13-10(22-3)5-4-9-6-11(15(19)20-14(9)13)16-12(18)7-21-2/h5-6,11,13,22H,2-4,7-9H2,1H3,(H,20,21);3-4,10,23H,5-7H2,1-2H3,(H,21,22);4-5,13,20,22H,2,6-8H2,1,3H3,(H,18,21);4-5,11,21H,3,6-9H2,1-2H3,(H,19,20);4-5,11,17,19H,1,6-7H2,2-3H3,(H,16,18)/t11-;10-;13-;2*11-/m11010/s1. The number of aryl methyl sites for hydroxylation is 1. The molecule has 0 unspecified atom stereocenters. The summed E-state index contributed by atoms with van der Waals surface area (Å²) in [4.78, 5) is 109. The number of aliphatic hydroxyl groups is 2. The minimum absolute atomic E-state index is 0.00158. The molecule has 12 N–H and O–H groups in total. The third-order valence-electron chi connectivity index (χ3n) is 19.4. The molecule has 1 aromatic heterocycles. The highest BCUT2D eigenvalue weighted by atomic mass is 32.2. The van der Waals surface area contributed by atoms with Crippen molar-refractivity contribution in [1.29, 1.82) is 0 Å². The van der Waals surface area contributed by atoms with Gasteiger partial charge >= 0.3 is 53.5 Å². The Kier molecular flexibility index (Phi) is 41.1. The molecule has 44 heteroatoms. The van der Waals surface area contributed by atoms with Gasteiger partial charge in [-0.25, -0.2) is 14.4 Å². The number of nitrogens with zero attached hydrogens (tertiary/aromatic N) is 2. The van der Waals surface area contributed by atoms with Gasteiger partial charge in [0, 0.05) is 66.4 Å². The van der Waals surface area contributed by atoms with Crippen molar-refractivity contribution in [3.8, 4) is 28.7 Å². The van der Waals surface area contributed by atoms with Crippen LogP contribution in [0.4, 0.5) is 0 Å². The minimum Gasteiger partial charge on any atom is -0.535 e. The van der Waals surface area contributed by atoms with Gasteiger partial charge in [-0.2, -0.15) is 58.8 Å². The van der Waals surface area contributed by atoms with E-state index in [-0.39, 0.29) is 123 Å². The van der Waals surface area contributed by atoms with Crippen molar-refractivity contribution in [3.63, 3.8) is 0 Å². The Morgan fingerprint density at radius 2 is 0.805 bits per heavy atom. The lowest BCUT2D eigenvalue weighted by molar-refractivity contribution is -0.119. The summed E-state index contributed by atoms with van der Waals surface area (Å²) >= 11 is 15.5. The Hall–Kier alpha value is -6.61. The molecule has 5 aromatic carbocycles. The SMILES string of the molecule is C=C(O)c1c(SC)ccc2c1OB(O)[C@@H](NC(=O)CSC)C2.C=C(O)c1c(SCC(C)=O)ccc2c1OB(O)[C@@H](NC(=O)CSC)C2.CCCSc1ccc2c(c1C(=O)O)OB(O)[C@@H](CC(=O)CSC)C2.CSCC(=O)C[C@H]1Cc2ccc(SC3CCC3)c(C(=O)O)c2OB1O.CSCC(=O)C[C@H]1Cc2ccc(Sc3nnc(C)s3)c(C(=O)O)c2OB1O. The van der Waals surface area contributed by atoms with Gasteiger partial charge in [0.2, 0.25) is 11.8 Å². The Morgan fingerprint density at radius 1 is 0.455 bits per heavy atom. The van der Waals surface area contributed by atoms with E-state index in [0.717, 1.165) is 57.2 Å². The molecule has 0 spiro atoms. The van der Waals surface area contributed by atoms with Gasteiger partial charge in [-0.1, -0.05) is 79.9 Å². The summed E-state index contributed by atoms with van der Waals surface area (Å²) in [6.07, 6.45) is 18.2. The third-order valence-corrected chi connectivity index (χ3v) is 29.0. The third kappa shape index (κ3) is 28.7. The summed E-state index contributed by atoms with van der Waals surface area (Å²) in [6.45, 7) is 12.5. The first-order chi connectivity index (χ1) is 58.6. The Bertz CT molecular complexity index is 4830. The van der Waals surface area contributed by atoms with Crippen LogP contribution in [0.1, 0.15) is 134 Å². The van der Waals surface area contributed by atoms with E-state index in [0.29, 0.717) is 118 Å². The molecule has 5 atom stereocenters. The maximum atomic E-state index is 11.9. The number of amides is 2. The fourth-order valence-corrected chi connectivity index (χ4v) is 21.4. The van der Waals surface area contributed by atoms with Crippen LogP contribution >= 0.6 is 129 Å². The number of aliphatic hydroxyl groups excluding tert-OH is 2. The van der Waals surface area contributed by atoms with Gasteiger partial charge in [0.25, 0.3) is 0 Å². The lowest BCUT2D eigenvalue weighted by Gasteiger charge is -2.30. The number of hydrogen-bond acceptors (Lipinski definition) is 34. The van der Waals surface area contributed by atoms with Crippen LogP contribution in [-0.4, -0.2) is 244 Å². The Morgan fingerprint density at radius 3 is 1.15 bits per heavy atom. The zero-order valence-corrected chi connectivity index (χ0v) is 78.0. The van der Waals surface area contributed by atoms with Gasteiger partial charge in [0.1, 0.15) is 85.1 Å². The number of Topliss-reactive ketones (excluding diaryl/α,β-unsaturated/α-hetero) is 4. The molecule has 6 aromatic rings. The van der Waals surface area contributed by atoms with E-state index in [4.69, 9.17) is 23.3 Å². The Balaban J connectivity index is 0.000000191. The van der Waals surface area contributed by atoms with E-state index >= 15 is 0 Å². The number of hydrogen-bond donors (Lipinski definition) is 12. The van der Waals surface area contributed by atoms with E-state index in [1.165, 1.54) is 131 Å². The second-order valence-corrected chi connectivity index (χ2v) is 40.1. The van der Waals surface area contributed by atoms with Crippen LogP contribution in [0.15, 0.2) is 103 Å². The van der Waals surface area contributed by atoms with Crippen molar-refractivity contribution in [3.05, 3.63) is 134 Å². The molecule has 12 rings (SSSR count). The maximum absolute atomic E-state index is 11.9. The summed E-state index contributed by atoms with van der Waals surface area (Å²) in [5.41, 5.74) is 4.86. The largest absolute Gasteiger partial charge is 0.547 e. The number of ketones is 4. The van der Waals surface area contributed by atoms with Gasteiger partial charge in [-0.05, 0) is 167 Å². The van der Waals surface area contributed by atoms with Crippen LogP contribution < -0.4 is 33.9 Å². The van der Waals surface area contributed by atoms with E-state index in [2.05, 4.69) is 34.0 Å². The minimum atomic E-state index is -1.23. The van der Waals surface area contributed by atoms with Gasteiger partial charge < -0.3 is 84.6 Å². The monoisotopic (exact) mass is 1890 g/mol. The fourth-order valence-electron chi connectivity index (χ4n) is 13.7. The average Bonchev–Trinajstić information content (AvgIpc) is 1.01. The molecule has 658 valence electrons. The molecule has 1 aliphatic carbocycles. The van der Waals surface area contributed by atoms with Crippen molar-refractivity contribution in [2.75, 3.05) is 77.8 Å². The maximum Gasteiger partial charge on any atom is 0.547 e. The Labute approximate surface area is 762 Å². The number of carboxylic acid groups (broad SMARTS) is 3. The van der Waals surface area contributed by atoms with Gasteiger partial charge in [0.05, 0.1) is 57.5 Å². The summed E-state index contributed by atoms with van der Waals surface area (Å²) in [5.74, 6) is -1.47. The number of carboxylic acids is 3. The highest BCUT2D eigenvalue weighted by molar-refractivity contribution is 8.02. The van der Waals surface area contributed by atoms with Crippen LogP contribution in [0.3, 0.4) is 0 Å². The number of aromatic nitrogens is 2. The zero-order chi connectivity index (χ0) is 90.1. The summed E-state index contributed by atoms with van der Waals surface area (Å²) < 4.78 is 28.5. The second kappa shape index (κ2) is 49.7. The van der Waals surface area contributed by atoms with Crippen molar-refractivity contribution in [2.45, 2.75) is 161 Å². The van der Waals surface area contributed by atoms with Crippen LogP contribution in [0.25, 0.3) is 11.5 Å². The molecule has 6 aliphatic rings. The van der Waals surface area contributed by atoms with Crippen LogP contribution in [0, 0.1) is 6.92 Å². The molecular formula is C79H97B5N4O24S11. The normalized spacial score (nSPS) is 17.0. The molecular weight excluding hydrogens is 1800 g/mol. The first-order valence-electron chi connectivity index (χ1n) is 38.7. The van der Waals surface area contributed by atoms with Crippen LogP contribution in [0.5, 0.6) is 28.7 Å². The number of thioether (sulfide) groups is 9. The van der Waals surface area contributed by atoms with Crippen molar-refractivity contribution >= 4 is 229 Å². The topological polar surface area (TPSA) is 452 Å². The summed E-state index contributed by atoms with van der Waals surface area (Å²) in [7, 11) is -5.92. The van der Waals surface area contributed by atoms with Crippen LogP contribution in [0.2, 0.25) is 17.5 Å². The lowest BCUT2D eigenvalue weighted by atomic mass is 9.64. The predicted octanol–water partition coefficient (Wildman–Crippen LogP) is 12.4. The van der Waals surface area contributed by atoms with Gasteiger partial charge in [-0.3, -0.25) is 28.8 Å². The van der Waals surface area contributed by atoms with Crippen LogP contribution in [-0.2, 0) is 60.9 Å². The smallest absolute Gasteiger partial charge is 0.535 e. The number of aromatic carboxylic acids is 3. The number of carbonyl (C=O) groups excluding carboxylic acids is 6. The van der Waals surface area contributed by atoms with E-state index < -0.39 is 65.4 Å². The van der Waals surface area contributed by atoms with E-state index in [9.17, 15) is 93.8 Å². The molecule has 28 nitrogen and oxygen atoms in total. The summed E-state index contributed by atoms with van der Waals surface area (Å²) in [5, 5.41) is 115. The van der Waals surface area contributed by atoms with E-state index in [1.807, 2.05) is 87.8 Å². The van der Waals surface area contributed by atoms with Crippen molar-refractivity contribution in [2.24, 2.45) is 0 Å². The highest BCUT2D eigenvalue weighted by Gasteiger charge is 2.44. The number of benzene rings is 5. The number of carbonyl (C=O) groups is 9. The molecule has 1 fully saturated rings. The van der Waals surface area contributed by atoms with Crippen molar-refractivity contribution in [1.82, 2.24) is 20.8 Å². The van der Waals surface area contributed by atoms with Gasteiger partial charge in [-0.15, -0.1) is 57.2 Å². The molecule has 123 heavy (non-hydrogen) atoms. The molecule has 0 radical (unpaired) electrons. The van der Waals surface area contributed by atoms with Gasteiger partial charge in [0.15, 0.2) is 4.34 Å². The fraction of sp³-hybridized carbons (Fsp3) is 0.430. The lowest BCUT2D eigenvalue weighted by Crippen LogP contribution is -2.53. The molecule has 6 heterocycles. The molecule has 5 aliphatic heterocycles. The zero-order valence-electron chi connectivity index (χ0n) is 69.0. The number of nitrogens with one attached hydrogen (secondary N) is 2. The molecule has 1 saturated carbocycles. The highest BCUT2D eigenvalue weighted by Crippen LogP contribution is 2.48. The summed E-state index contributed by atoms with van der Waals surface area (Å²) in [6, 6.07) is 18.2. The quantitative estimate of drug-likeness (QED) is 0.0101. The second-order valence-electron chi connectivity index (χ2n) is 28.9. The first-order valence-corrected chi connectivity index (χ1v) is 51.4. The number of rotatable bonds is 34. The average molecular weight is 1890 g/mol. The van der Waals surface area contributed by atoms with E-state index in [1.54, 1.807) is 36.0 Å².